The van der Waals surface area contributed by atoms with E-state index < -0.39 is 5.60 Å². The summed E-state index contributed by atoms with van der Waals surface area (Å²) in [6.45, 7) is 10.7. The molecule has 4 rings (SSSR count). The number of anilines is 1. The second-order valence-electron chi connectivity index (χ2n) is 10.6. The number of likely N-dealkylation sites (tertiary alicyclic amines) is 1. The van der Waals surface area contributed by atoms with Gasteiger partial charge in [-0.25, -0.2) is 9.48 Å². The number of benzene rings is 2. The lowest BCUT2D eigenvalue weighted by molar-refractivity contribution is 0.0203. The number of nitrogens with zero attached hydrogens (tertiary/aromatic N) is 3. The number of carbonyl (C=O) groups excluding carboxylic acids is 2. The summed E-state index contributed by atoms with van der Waals surface area (Å²) >= 11 is 0. The van der Waals surface area contributed by atoms with E-state index in [-0.39, 0.29) is 17.9 Å². The molecule has 1 aromatic heterocycles. The van der Waals surface area contributed by atoms with Gasteiger partial charge in [-0.15, -0.1) is 0 Å². The van der Waals surface area contributed by atoms with Gasteiger partial charge in [0.1, 0.15) is 11.4 Å². The van der Waals surface area contributed by atoms with E-state index in [0.717, 1.165) is 22.5 Å². The normalized spacial score (nSPS) is 14.4. The Bertz CT molecular complexity index is 1280. The van der Waals surface area contributed by atoms with E-state index in [1.165, 1.54) is 0 Å². The minimum atomic E-state index is -0.542. The first kappa shape index (κ1) is 26.3. The molecule has 2 heterocycles. The SMILES string of the molecule is COc1ccc(C)cc1NC(=O)c1cnn(-c2cccc(C)c2)c1C1CCN(C(=O)OC(C)(C)C)CC1. The van der Waals surface area contributed by atoms with Crippen LogP contribution in [0.25, 0.3) is 5.69 Å². The number of ether oxygens (including phenoxy) is 2. The Hall–Kier alpha value is -3.81. The molecule has 0 radical (unpaired) electrons. The number of methoxy groups -OCH3 is 1. The second-order valence-corrected chi connectivity index (χ2v) is 10.6. The number of hydrogen-bond acceptors (Lipinski definition) is 5. The lowest BCUT2D eigenvalue weighted by Crippen LogP contribution is -2.41. The Balaban J connectivity index is 1.65. The molecule has 0 atom stereocenters. The monoisotopic (exact) mass is 504 g/mol. The third-order valence-corrected chi connectivity index (χ3v) is 6.43. The fourth-order valence-electron chi connectivity index (χ4n) is 4.66. The molecule has 2 amide bonds. The van der Waals surface area contributed by atoms with Crippen molar-refractivity contribution in [1.29, 1.82) is 0 Å². The Kier molecular flexibility index (Phi) is 7.57. The molecule has 8 nitrogen and oxygen atoms in total. The highest BCUT2D eigenvalue weighted by atomic mass is 16.6. The zero-order valence-electron chi connectivity index (χ0n) is 22.5. The average Bonchev–Trinajstić information content (AvgIpc) is 3.29. The fraction of sp³-hybridized carbons (Fsp3) is 0.414. The number of carbonyl (C=O) groups is 2. The van der Waals surface area contributed by atoms with Crippen molar-refractivity contribution >= 4 is 17.7 Å². The molecule has 0 spiro atoms. The van der Waals surface area contributed by atoms with E-state index in [1.807, 2.05) is 75.7 Å². The summed E-state index contributed by atoms with van der Waals surface area (Å²) in [5.41, 5.74) is 4.45. The third-order valence-electron chi connectivity index (χ3n) is 6.43. The zero-order chi connectivity index (χ0) is 26.7. The lowest BCUT2D eigenvalue weighted by Gasteiger charge is -2.34. The van der Waals surface area contributed by atoms with E-state index in [0.29, 0.717) is 42.9 Å². The average molecular weight is 505 g/mol. The Morgan fingerprint density at radius 2 is 1.73 bits per heavy atom. The molecule has 1 fully saturated rings. The second kappa shape index (κ2) is 10.7. The van der Waals surface area contributed by atoms with Crippen molar-refractivity contribution in [2.75, 3.05) is 25.5 Å². The molecule has 3 aromatic rings. The Labute approximate surface area is 218 Å². The van der Waals surface area contributed by atoms with Crippen molar-refractivity contribution in [3.05, 3.63) is 71.0 Å². The molecule has 0 unspecified atom stereocenters. The van der Waals surface area contributed by atoms with Gasteiger partial charge in [0.15, 0.2) is 0 Å². The molecule has 0 saturated carbocycles. The maximum absolute atomic E-state index is 13.6. The summed E-state index contributed by atoms with van der Waals surface area (Å²) in [5, 5.41) is 7.67. The van der Waals surface area contributed by atoms with Gasteiger partial charge in [-0.3, -0.25) is 4.79 Å². The molecule has 1 aliphatic heterocycles. The topological polar surface area (TPSA) is 85.7 Å². The van der Waals surface area contributed by atoms with Gasteiger partial charge in [0.05, 0.1) is 35.9 Å². The predicted molar refractivity (Wildman–Crippen MR) is 144 cm³/mol. The van der Waals surface area contributed by atoms with Gasteiger partial charge in [0.25, 0.3) is 5.91 Å². The summed E-state index contributed by atoms with van der Waals surface area (Å²) in [4.78, 5) is 27.9. The van der Waals surface area contributed by atoms with Crippen LogP contribution in [-0.4, -0.2) is 52.5 Å². The molecule has 1 N–H and O–H groups in total. The van der Waals surface area contributed by atoms with E-state index in [9.17, 15) is 9.59 Å². The maximum Gasteiger partial charge on any atom is 0.410 e. The molecule has 8 heteroatoms. The molecule has 0 aliphatic carbocycles. The van der Waals surface area contributed by atoms with Crippen LogP contribution in [0.3, 0.4) is 0 Å². The predicted octanol–water partition coefficient (Wildman–Crippen LogP) is 5.86. The van der Waals surface area contributed by atoms with Crippen molar-refractivity contribution in [1.82, 2.24) is 14.7 Å². The first-order chi connectivity index (χ1) is 17.6. The summed E-state index contributed by atoms with van der Waals surface area (Å²) in [6, 6.07) is 13.7. The van der Waals surface area contributed by atoms with Gasteiger partial charge >= 0.3 is 6.09 Å². The number of piperidine rings is 1. The van der Waals surface area contributed by atoms with Gasteiger partial charge in [-0.1, -0.05) is 18.2 Å². The number of rotatable bonds is 5. The number of amides is 2. The largest absolute Gasteiger partial charge is 0.495 e. The van der Waals surface area contributed by atoms with Crippen molar-refractivity contribution in [2.45, 2.75) is 59.0 Å². The standard InChI is InChI=1S/C29H36N4O4/c1-19-8-7-9-22(16-19)33-26(21-12-14-32(15-13-21)28(35)37-29(3,4)5)23(18-30-33)27(34)31-24-17-20(2)10-11-25(24)36-6/h7-11,16-18,21H,12-15H2,1-6H3,(H,31,34). The van der Waals surface area contributed by atoms with Crippen molar-refractivity contribution in [3.63, 3.8) is 0 Å². The molecule has 37 heavy (non-hydrogen) atoms. The Morgan fingerprint density at radius 3 is 2.38 bits per heavy atom. The number of aryl methyl sites for hydroxylation is 2. The molecular weight excluding hydrogens is 468 g/mol. The first-order valence-electron chi connectivity index (χ1n) is 12.6. The summed E-state index contributed by atoms with van der Waals surface area (Å²) in [6.07, 6.45) is 2.73. The molecule has 2 aromatic carbocycles. The van der Waals surface area contributed by atoms with Crippen LogP contribution in [0.2, 0.25) is 0 Å². The van der Waals surface area contributed by atoms with Crippen LogP contribution in [0.1, 0.15) is 66.7 Å². The fourth-order valence-corrected chi connectivity index (χ4v) is 4.66. The minimum absolute atomic E-state index is 0.0434. The number of aromatic nitrogens is 2. The van der Waals surface area contributed by atoms with Crippen LogP contribution >= 0.6 is 0 Å². The van der Waals surface area contributed by atoms with E-state index in [2.05, 4.69) is 16.5 Å². The van der Waals surface area contributed by atoms with Gasteiger partial charge in [-0.2, -0.15) is 5.10 Å². The highest BCUT2D eigenvalue weighted by Gasteiger charge is 2.32. The third kappa shape index (κ3) is 6.13. The Morgan fingerprint density at radius 1 is 1.03 bits per heavy atom. The van der Waals surface area contributed by atoms with Crippen LogP contribution < -0.4 is 10.1 Å². The van der Waals surface area contributed by atoms with Crippen LogP contribution in [0.4, 0.5) is 10.5 Å². The van der Waals surface area contributed by atoms with E-state index in [1.54, 1.807) is 18.2 Å². The highest BCUT2D eigenvalue weighted by Crippen LogP contribution is 2.34. The minimum Gasteiger partial charge on any atom is -0.495 e. The molecule has 1 saturated heterocycles. The highest BCUT2D eigenvalue weighted by molar-refractivity contribution is 6.06. The molecule has 1 aliphatic rings. The first-order valence-corrected chi connectivity index (χ1v) is 12.6. The zero-order valence-corrected chi connectivity index (χ0v) is 22.5. The molecule has 196 valence electrons. The maximum atomic E-state index is 13.6. The summed E-state index contributed by atoms with van der Waals surface area (Å²) in [5.74, 6) is 0.395. The quantitative estimate of drug-likeness (QED) is 0.470. The van der Waals surface area contributed by atoms with Gasteiger partial charge in [0, 0.05) is 19.0 Å². The number of nitrogens with one attached hydrogen (secondary N) is 1. The van der Waals surface area contributed by atoms with E-state index in [4.69, 9.17) is 9.47 Å². The van der Waals surface area contributed by atoms with Crippen LogP contribution in [0.5, 0.6) is 5.75 Å². The van der Waals surface area contributed by atoms with Crippen molar-refractivity contribution in [3.8, 4) is 11.4 Å². The van der Waals surface area contributed by atoms with Crippen molar-refractivity contribution in [2.24, 2.45) is 0 Å². The van der Waals surface area contributed by atoms with E-state index >= 15 is 0 Å². The van der Waals surface area contributed by atoms with Crippen LogP contribution in [-0.2, 0) is 4.74 Å². The number of hydrogen-bond donors (Lipinski definition) is 1. The summed E-state index contributed by atoms with van der Waals surface area (Å²) < 4.78 is 12.9. The molecule has 0 bridgehead atoms. The van der Waals surface area contributed by atoms with Gasteiger partial charge in [0.2, 0.25) is 0 Å². The van der Waals surface area contributed by atoms with Gasteiger partial charge < -0.3 is 19.7 Å². The van der Waals surface area contributed by atoms with Crippen LogP contribution in [0.15, 0.2) is 48.7 Å². The van der Waals surface area contributed by atoms with Crippen LogP contribution in [0, 0.1) is 13.8 Å². The smallest absolute Gasteiger partial charge is 0.410 e. The summed E-state index contributed by atoms with van der Waals surface area (Å²) in [7, 11) is 1.58. The van der Waals surface area contributed by atoms with Crippen molar-refractivity contribution < 1.29 is 19.1 Å². The molecular formula is C29H36N4O4. The van der Waals surface area contributed by atoms with Gasteiger partial charge in [-0.05, 0) is 82.9 Å². The lowest BCUT2D eigenvalue weighted by atomic mass is 9.90.